The third-order valence-corrected chi connectivity index (χ3v) is 5.75. The van der Waals surface area contributed by atoms with Gasteiger partial charge >= 0.3 is 0 Å². The van der Waals surface area contributed by atoms with Crippen LogP contribution in [0.3, 0.4) is 0 Å². The van der Waals surface area contributed by atoms with Crippen LogP contribution in [0.15, 0.2) is 53.7 Å². The number of hydrogen-bond donors (Lipinski definition) is 0. The first-order valence-electron chi connectivity index (χ1n) is 9.88. The molecule has 6 heteroatoms. The van der Waals surface area contributed by atoms with Crippen LogP contribution < -0.4 is 14.4 Å². The van der Waals surface area contributed by atoms with Gasteiger partial charge in [0.1, 0.15) is 11.5 Å². The van der Waals surface area contributed by atoms with Gasteiger partial charge < -0.3 is 9.47 Å². The number of benzene rings is 2. The number of Topliss-reactive ketones (excluding diaryl/α,β-unsaturated/α-hetero) is 1. The summed E-state index contributed by atoms with van der Waals surface area (Å²) in [7, 11) is 3.16. The van der Waals surface area contributed by atoms with E-state index < -0.39 is 0 Å². The number of ketones is 1. The van der Waals surface area contributed by atoms with E-state index in [9.17, 15) is 9.59 Å². The SMILES string of the molecule is COc1ccc(C2CC(=O)N(c3ccc(C#N)cc3)C3=C2C(=O)CCC3)c(OC)c1. The van der Waals surface area contributed by atoms with Crippen LogP contribution in [0.4, 0.5) is 5.69 Å². The molecule has 2 aliphatic rings. The smallest absolute Gasteiger partial charge is 0.232 e. The first-order valence-corrected chi connectivity index (χ1v) is 9.88. The molecule has 4 rings (SSSR count). The number of allylic oxidation sites excluding steroid dienone is 2. The number of methoxy groups -OCH3 is 2. The minimum absolute atomic E-state index is 0.0731. The lowest BCUT2D eigenvalue weighted by Crippen LogP contribution is -2.40. The van der Waals surface area contributed by atoms with E-state index in [4.69, 9.17) is 14.7 Å². The average Bonchev–Trinajstić information content (AvgIpc) is 2.78. The summed E-state index contributed by atoms with van der Waals surface area (Å²) in [6.07, 6.45) is 2.02. The molecule has 0 aromatic heterocycles. The molecule has 1 amide bonds. The van der Waals surface area contributed by atoms with Gasteiger partial charge in [-0.15, -0.1) is 0 Å². The van der Waals surface area contributed by atoms with Gasteiger partial charge in [0.25, 0.3) is 0 Å². The van der Waals surface area contributed by atoms with Crippen LogP contribution in [0.25, 0.3) is 0 Å². The molecule has 2 aromatic carbocycles. The number of carbonyl (C=O) groups is 2. The van der Waals surface area contributed by atoms with Gasteiger partial charge in [-0.2, -0.15) is 5.26 Å². The minimum Gasteiger partial charge on any atom is -0.497 e. The molecular formula is C24H22N2O4. The fraction of sp³-hybridized carbons (Fsp3) is 0.292. The molecule has 1 unspecified atom stereocenters. The lowest BCUT2D eigenvalue weighted by atomic mass is 9.76. The summed E-state index contributed by atoms with van der Waals surface area (Å²) in [5.41, 5.74) is 3.47. The predicted octanol–water partition coefficient (Wildman–Crippen LogP) is 4.10. The number of nitriles is 1. The third-order valence-electron chi connectivity index (χ3n) is 5.75. The summed E-state index contributed by atoms with van der Waals surface area (Å²) in [5, 5.41) is 9.06. The van der Waals surface area contributed by atoms with Crippen molar-refractivity contribution in [3.63, 3.8) is 0 Å². The number of nitrogens with zero attached hydrogens (tertiary/aromatic N) is 2. The molecule has 0 radical (unpaired) electrons. The fourth-order valence-corrected chi connectivity index (χ4v) is 4.35. The zero-order valence-electron chi connectivity index (χ0n) is 17.0. The highest BCUT2D eigenvalue weighted by molar-refractivity contribution is 6.07. The molecular weight excluding hydrogens is 380 g/mol. The molecule has 152 valence electrons. The quantitative estimate of drug-likeness (QED) is 0.769. The maximum absolute atomic E-state index is 13.3. The highest BCUT2D eigenvalue weighted by atomic mass is 16.5. The van der Waals surface area contributed by atoms with Gasteiger partial charge in [-0.1, -0.05) is 6.07 Å². The normalized spacial score (nSPS) is 18.7. The van der Waals surface area contributed by atoms with Crippen molar-refractivity contribution in [2.24, 2.45) is 0 Å². The van der Waals surface area contributed by atoms with Crippen LogP contribution >= 0.6 is 0 Å². The second kappa shape index (κ2) is 8.03. The van der Waals surface area contributed by atoms with E-state index in [0.29, 0.717) is 47.6 Å². The van der Waals surface area contributed by atoms with Crippen LogP contribution in [0, 0.1) is 11.3 Å². The Kier molecular flexibility index (Phi) is 5.28. The van der Waals surface area contributed by atoms with E-state index >= 15 is 0 Å². The molecule has 2 aromatic rings. The fourth-order valence-electron chi connectivity index (χ4n) is 4.35. The van der Waals surface area contributed by atoms with Gasteiger partial charge in [-0.25, -0.2) is 0 Å². The largest absolute Gasteiger partial charge is 0.497 e. The zero-order chi connectivity index (χ0) is 21.3. The van der Waals surface area contributed by atoms with Gasteiger partial charge in [0.2, 0.25) is 5.91 Å². The van der Waals surface area contributed by atoms with Crippen LogP contribution in [0.1, 0.15) is 42.7 Å². The van der Waals surface area contributed by atoms with Crippen LogP contribution in [-0.4, -0.2) is 25.9 Å². The molecule has 0 saturated heterocycles. The summed E-state index contributed by atoms with van der Waals surface area (Å²) in [5.74, 6) is 0.905. The second-order valence-corrected chi connectivity index (χ2v) is 7.39. The van der Waals surface area contributed by atoms with Crippen LogP contribution in [-0.2, 0) is 9.59 Å². The number of rotatable bonds is 4. The Bertz CT molecular complexity index is 1080. The molecule has 0 bridgehead atoms. The Hall–Kier alpha value is -3.59. The minimum atomic E-state index is -0.351. The van der Waals surface area contributed by atoms with Crippen LogP contribution in [0.2, 0.25) is 0 Å². The molecule has 0 spiro atoms. The molecule has 1 atom stereocenters. The molecule has 0 saturated carbocycles. The lowest BCUT2D eigenvalue weighted by Gasteiger charge is -2.38. The Morgan fingerprint density at radius 1 is 1.03 bits per heavy atom. The van der Waals surface area contributed by atoms with Crippen molar-refractivity contribution in [2.75, 3.05) is 19.1 Å². The molecule has 1 heterocycles. The maximum atomic E-state index is 13.3. The monoisotopic (exact) mass is 402 g/mol. The number of carbonyl (C=O) groups excluding carboxylic acids is 2. The number of ether oxygens (including phenoxy) is 2. The van der Waals surface area contributed by atoms with Gasteiger partial charge in [0.05, 0.1) is 25.9 Å². The van der Waals surface area contributed by atoms with E-state index in [1.54, 1.807) is 49.5 Å². The highest BCUT2D eigenvalue weighted by Gasteiger charge is 2.40. The van der Waals surface area contributed by atoms with E-state index in [0.717, 1.165) is 11.3 Å². The zero-order valence-corrected chi connectivity index (χ0v) is 17.0. The number of anilines is 1. The Labute approximate surface area is 175 Å². The Balaban J connectivity index is 1.84. The first kappa shape index (κ1) is 19.7. The Morgan fingerprint density at radius 3 is 2.47 bits per heavy atom. The Morgan fingerprint density at radius 2 is 1.80 bits per heavy atom. The molecule has 0 fully saturated rings. The first-order chi connectivity index (χ1) is 14.6. The van der Waals surface area contributed by atoms with E-state index in [2.05, 4.69) is 6.07 Å². The summed E-state index contributed by atoms with van der Waals surface area (Å²) in [4.78, 5) is 27.9. The van der Waals surface area contributed by atoms with Gasteiger partial charge in [-0.05, 0) is 43.2 Å². The summed E-state index contributed by atoms with van der Waals surface area (Å²) < 4.78 is 10.8. The molecule has 30 heavy (non-hydrogen) atoms. The van der Waals surface area contributed by atoms with Crippen molar-refractivity contribution in [3.05, 3.63) is 64.9 Å². The standard InChI is InChI=1S/C24H22N2O4/c1-29-17-10-11-18(22(12-17)30-2)19-13-23(28)26(16-8-6-15(14-25)7-9-16)20-4-3-5-21(27)24(19)20/h6-12,19H,3-5,13H2,1-2H3. The highest BCUT2D eigenvalue weighted by Crippen LogP contribution is 2.46. The number of amides is 1. The molecule has 1 aliphatic carbocycles. The van der Waals surface area contributed by atoms with Crippen molar-refractivity contribution in [1.82, 2.24) is 0 Å². The van der Waals surface area contributed by atoms with Crippen molar-refractivity contribution in [3.8, 4) is 17.6 Å². The van der Waals surface area contributed by atoms with Crippen molar-refractivity contribution in [1.29, 1.82) is 5.26 Å². The topological polar surface area (TPSA) is 79.6 Å². The van der Waals surface area contributed by atoms with Crippen LogP contribution in [0.5, 0.6) is 11.5 Å². The number of hydrogen-bond acceptors (Lipinski definition) is 5. The summed E-state index contributed by atoms with van der Waals surface area (Å²) in [6, 6.07) is 14.5. The van der Waals surface area contributed by atoms with E-state index in [1.807, 2.05) is 12.1 Å². The molecule has 0 N–H and O–H groups in total. The second-order valence-electron chi connectivity index (χ2n) is 7.39. The van der Waals surface area contributed by atoms with Crippen molar-refractivity contribution in [2.45, 2.75) is 31.6 Å². The van der Waals surface area contributed by atoms with E-state index in [-0.39, 0.29) is 24.0 Å². The van der Waals surface area contributed by atoms with Gasteiger partial charge in [-0.3, -0.25) is 14.5 Å². The van der Waals surface area contributed by atoms with Gasteiger partial charge in [0.15, 0.2) is 5.78 Å². The predicted molar refractivity (Wildman–Crippen MR) is 111 cm³/mol. The van der Waals surface area contributed by atoms with Crippen molar-refractivity contribution < 1.29 is 19.1 Å². The van der Waals surface area contributed by atoms with Gasteiger partial charge in [0, 0.05) is 47.3 Å². The lowest BCUT2D eigenvalue weighted by molar-refractivity contribution is -0.119. The summed E-state index contributed by atoms with van der Waals surface area (Å²) in [6.45, 7) is 0. The molecule has 6 nitrogen and oxygen atoms in total. The maximum Gasteiger partial charge on any atom is 0.232 e. The molecule has 1 aliphatic heterocycles. The summed E-state index contributed by atoms with van der Waals surface area (Å²) >= 11 is 0. The van der Waals surface area contributed by atoms with Crippen molar-refractivity contribution >= 4 is 17.4 Å². The average molecular weight is 402 g/mol. The third kappa shape index (κ3) is 3.33. The van der Waals surface area contributed by atoms with E-state index in [1.165, 1.54) is 0 Å².